The fourth-order valence-corrected chi connectivity index (χ4v) is 4.44. The van der Waals surface area contributed by atoms with Crippen LogP contribution in [0.1, 0.15) is 42.7 Å². The number of Topliss-reactive ketones (excluding diaryl/α,β-unsaturated/α-hetero) is 1. The van der Waals surface area contributed by atoms with Crippen molar-refractivity contribution >= 4 is 17.6 Å². The number of fused-ring (bicyclic) bond motifs is 3. The van der Waals surface area contributed by atoms with E-state index >= 15 is 0 Å². The molecule has 5 nitrogen and oxygen atoms in total. The van der Waals surface area contributed by atoms with Crippen molar-refractivity contribution in [3.05, 3.63) is 59.7 Å². The predicted molar refractivity (Wildman–Crippen MR) is 102 cm³/mol. The fourth-order valence-electron chi connectivity index (χ4n) is 4.44. The molecule has 2 aromatic carbocycles. The lowest BCUT2D eigenvalue weighted by molar-refractivity contribution is -0.130. The van der Waals surface area contributed by atoms with Crippen molar-refractivity contribution in [1.82, 2.24) is 5.32 Å². The number of amides is 2. The van der Waals surface area contributed by atoms with Crippen LogP contribution in [0.4, 0.5) is 0 Å². The predicted octanol–water partition coefficient (Wildman–Crippen LogP) is 2.53. The van der Waals surface area contributed by atoms with Crippen LogP contribution in [0.3, 0.4) is 0 Å². The van der Waals surface area contributed by atoms with Gasteiger partial charge in [0.2, 0.25) is 11.8 Å². The summed E-state index contributed by atoms with van der Waals surface area (Å²) >= 11 is 0. The Labute approximate surface area is 158 Å². The van der Waals surface area contributed by atoms with Gasteiger partial charge in [0.15, 0.2) is 0 Å². The molecule has 2 aliphatic carbocycles. The highest BCUT2D eigenvalue weighted by molar-refractivity contribution is 5.98. The van der Waals surface area contributed by atoms with E-state index in [9.17, 15) is 14.4 Å². The molecule has 0 spiro atoms. The van der Waals surface area contributed by atoms with Crippen molar-refractivity contribution in [2.24, 2.45) is 11.7 Å². The van der Waals surface area contributed by atoms with Crippen molar-refractivity contribution in [3.63, 3.8) is 0 Å². The number of carbonyl (C=O) groups excluding carboxylic acids is 3. The van der Waals surface area contributed by atoms with E-state index < -0.39 is 17.9 Å². The summed E-state index contributed by atoms with van der Waals surface area (Å²) in [5.74, 6) is -1.39. The zero-order valence-electron chi connectivity index (χ0n) is 15.0. The molecular weight excluding hydrogens is 340 g/mol. The van der Waals surface area contributed by atoms with Gasteiger partial charge >= 0.3 is 0 Å². The molecule has 5 heteroatoms. The van der Waals surface area contributed by atoms with Crippen LogP contribution >= 0.6 is 0 Å². The molecule has 0 aromatic heterocycles. The highest BCUT2D eigenvalue weighted by Crippen LogP contribution is 2.44. The van der Waals surface area contributed by atoms with Crippen molar-refractivity contribution in [2.45, 2.75) is 37.6 Å². The summed E-state index contributed by atoms with van der Waals surface area (Å²) in [4.78, 5) is 37.1. The number of carbonyl (C=O) groups is 3. The number of benzene rings is 2. The number of ketones is 1. The van der Waals surface area contributed by atoms with Crippen molar-refractivity contribution in [2.75, 3.05) is 0 Å². The summed E-state index contributed by atoms with van der Waals surface area (Å²) in [5.41, 5.74) is 9.52. The fraction of sp³-hybridized carbons (Fsp3) is 0.318. The van der Waals surface area contributed by atoms with Crippen LogP contribution in [0.5, 0.6) is 0 Å². The zero-order chi connectivity index (χ0) is 19.0. The van der Waals surface area contributed by atoms with E-state index in [1.165, 1.54) is 0 Å². The van der Waals surface area contributed by atoms with Gasteiger partial charge in [0, 0.05) is 12.8 Å². The molecule has 0 saturated heterocycles. The highest BCUT2D eigenvalue weighted by atomic mass is 16.2. The first kappa shape index (κ1) is 17.5. The number of nitrogens with one attached hydrogen (secondary N) is 1. The number of rotatable bonds is 4. The SMILES string of the molecule is NC(=O)[C@@H](NC(=O)C1c2ccccc2-c2ccccc21)[C@@H]1CCCC(=O)C1. The topological polar surface area (TPSA) is 89.3 Å². The van der Waals surface area contributed by atoms with E-state index in [0.29, 0.717) is 12.8 Å². The van der Waals surface area contributed by atoms with Gasteiger partial charge in [0.05, 0.1) is 5.92 Å². The third-order valence-electron chi connectivity index (χ3n) is 5.69. The third-order valence-corrected chi connectivity index (χ3v) is 5.69. The summed E-state index contributed by atoms with van der Waals surface area (Å²) in [7, 11) is 0. The maximum Gasteiger partial charge on any atom is 0.240 e. The van der Waals surface area contributed by atoms with Gasteiger partial charge < -0.3 is 11.1 Å². The minimum atomic E-state index is -0.818. The van der Waals surface area contributed by atoms with Crippen LogP contribution in [0.2, 0.25) is 0 Å². The molecule has 0 bridgehead atoms. The van der Waals surface area contributed by atoms with Crippen LogP contribution in [0, 0.1) is 5.92 Å². The summed E-state index contributed by atoms with van der Waals surface area (Å²) < 4.78 is 0. The first-order chi connectivity index (χ1) is 13.1. The van der Waals surface area contributed by atoms with Crippen LogP contribution in [-0.2, 0) is 14.4 Å². The van der Waals surface area contributed by atoms with Gasteiger partial charge in [-0.25, -0.2) is 0 Å². The summed E-state index contributed by atoms with van der Waals surface area (Å²) in [5, 5.41) is 2.86. The molecule has 2 amide bonds. The van der Waals surface area contributed by atoms with E-state index in [2.05, 4.69) is 5.32 Å². The van der Waals surface area contributed by atoms with Crippen LogP contribution in [-0.4, -0.2) is 23.6 Å². The Morgan fingerprint density at radius 2 is 1.59 bits per heavy atom. The summed E-state index contributed by atoms with van der Waals surface area (Å²) in [6.45, 7) is 0. The summed E-state index contributed by atoms with van der Waals surface area (Å²) in [6, 6.07) is 14.8. The van der Waals surface area contributed by atoms with Gasteiger partial charge in [-0.1, -0.05) is 48.5 Å². The average molecular weight is 362 g/mol. The lowest BCUT2D eigenvalue weighted by Gasteiger charge is -2.29. The first-order valence-corrected chi connectivity index (χ1v) is 9.36. The second-order valence-electron chi connectivity index (χ2n) is 7.39. The molecule has 3 N–H and O–H groups in total. The second kappa shape index (κ2) is 6.99. The molecule has 0 unspecified atom stereocenters. The maximum atomic E-state index is 13.2. The molecule has 2 atom stereocenters. The maximum absolute atomic E-state index is 13.2. The second-order valence-corrected chi connectivity index (χ2v) is 7.39. The van der Waals surface area contributed by atoms with Gasteiger partial charge in [-0.05, 0) is 41.0 Å². The molecule has 27 heavy (non-hydrogen) atoms. The molecule has 4 rings (SSSR count). The number of hydrogen-bond donors (Lipinski definition) is 2. The number of primary amides is 1. The average Bonchev–Trinajstić information content (AvgIpc) is 3.00. The zero-order valence-corrected chi connectivity index (χ0v) is 15.0. The Bertz CT molecular complexity index is 876. The Morgan fingerprint density at radius 1 is 1.00 bits per heavy atom. The van der Waals surface area contributed by atoms with Crippen LogP contribution in [0.15, 0.2) is 48.5 Å². The van der Waals surface area contributed by atoms with Crippen molar-refractivity contribution in [1.29, 1.82) is 0 Å². The first-order valence-electron chi connectivity index (χ1n) is 9.36. The van der Waals surface area contributed by atoms with E-state index in [0.717, 1.165) is 35.1 Å². The number of hydrogen-bond acceptors (Lipinski definition) is 3. The Morgan fingerprint density at radius 3 is 2.15 bits per heavy atom. The van der Waals surface area contributed by atoms with Gasteiger partial charge in [0.25, 0.3) is 0 Å². The minimum absolute atomic E-state index is 0.128. The molecule has 1 saturated carbocycles. The molecular formula is C22H22N2O3. The normalized spacial score (nSPS) is 19.9. The molecule has 0 radical (unpaired) electrons. The lowest BCUT2D eigenvalue weighted by atomic mass is 9.82. The van der Waals surface area contributed by atoms with E-state index in [1.807, 2.05) is 48.5 Å². The monoisotopic (exact) mass is 362 g/mol. The standard InChI is InChI=1S/C22H22N2O3/c23-21(26)20(13-6-5-7-14(25)12-13)24-22(27)19-17-10-3-1-8-15(17)16-9-2-4-11-18(16)19/h1-4,8-11,13,19-20H,5-7,12H2,(H2,23,26)(H,24,27)/t13-,20+/m1/s1. The lowest BCUT2D eigenvalue weighted by Crippen LogP contribution is -2.51. The molecule has 2 aliphatic rings. The van der Waals surface area contributed by atoms with Gasteiger partial charge in [-0.15, -0.1) is 0 Å². The van der Waals surface area contributed by atoms with Crippen molar-refractivity contribution < 1.29 is 14.4 Å². The Hall–Kier alpha value is -2.95. The van der Waals surface area contributed by atoms with Crippen molar-refractivity contribution in [3.8, 4) is 11.1 Å². The molecule has 138 valence electrons. The Balaban J connectivity index is 1.64. The molecule has 0 heterocycles. The molecule has 1 fully saturated rings. The third kappa shape index (κ3) is 3.14. The van der Waals surface area contributed by atoms with Crippen LogP contribution in [0.25, 0.3) is 11.1 Å². The summed E-state index contributed by atoms with van der Waals surface area (Å²) in [6.07, 6.45) is 2.29. The molecule has 0 aliphatic heterocycles. The quantitative estimate of drug-likeness (QED) is 0.876. The van der Waals surface area contributed by atoms with Gasteiger partial charge in [-0.3, -0.25) is 14.4 Å². The smallest absolute Gasteiger partial charge is 0.240 e. The van der Waals surface area contributed by atoms with Gasteiger partial charge in [-0.2, -0.15) is 0 Å². The van der Waals surface area contributed by atoms with Gasteiger partial charge in [0.1, 0.15) is 11.8 Å². The number of nitrogens with two attached hydrogens (primary N) is 1. The Kier molecular flexibility index (Phi) is 4.52. The van der Waals surface area contributed by atoms with E-state index in [1.54, 1.807) is 0 Å². The minimum Gasteiger partial charge on any atom is -0.368 e. The van der Waals surface area contributed by atoms with Crippen LogP contribution < -0.4 is 11.1 Å². The highest BCUT2D eigenvalue weighted by Gasteiger charge is 2.37. The van der Waals surface area contributed by atoms with E-state index in [-0.39, 0.29) is 17.6 Å². The largest absolute Gasteiger partial charge is 0.368 e. The molecule has 2 aromatic rings. The van der Waals surface area contributed by atoms with E-state index in [4.69, 9.17) is 5.73 Å².